The zero-order valence-electron chi connectivity index (χ0n) is 11.1. The number of hydrogen-bond acceptors (Lipinski definition) is 2. The predicted octanol–water partition coefficient (Wildman–Crippen LogP) is 4.54. The molecule has 1 N–H and O–H groups in total. The molecule has 1 unspecified atom stereocenters. The van der Waals surface area contributed by atoms with Gasteiger partial charge < -0.3 is 9.84 Å². The lowest BCUT2D eigenvalue weighted by Crippen LogP contribution is -2.08. The zero-order chi connectivity index (χ0) is 14.5. The van der Waals surface area contributed by atoms with Crippen molar-refractivity contribution in [1.29, 1.82) is 0 Å². The Morgan fingerprint density at radius 1 is 1.05 bits per heavy atom. The Kier molecular flexibility index (Phi) is 5.64. The summed E-state index contributed by atoms with van der Waals surface area (Å²) in [7, 11) is 1.67. The Labute approximate surface area is 136 Å². The number of halogens is 2. The first kappa shape index (κ1) is 15.5. The van der Waals surface area contributed by atoms with E-state index in [1.165, 1.54) is 0 Å². The van der Waals surface area contributed by atoms with Crippen molar-refractivity contribution in [3.8, 4) is 5.75 Å². The topological polar surface area (TPSA) is 29.5 Å². The highest BCUT2D eigenvalue weighted by atomic mass is 79.9. The maximum absolute atomic E-state index is 9.68. The first-order valence-electron chi connectivity index (χ1n) is 6.32. The summed E-state index contributed by atoms with van der Waals surface area (Å²) >= 11 is 6.91. The molecule has 2 nitrogen and oxygen atoms in total. The average molecular weight is 400 g/mol. The molecule has 0 heterocycles. The third-order valence-corrected chi connectivity index (χ3v) is 4.29. The van der Waals surface area contributed by atoms with Crippen molar-refractivity contribution in [2.24, 2.45) is 0 Å². The Hall–Kier alpha value is -0.840. The minimum atomic E-state index is 0.0614. The maximum atomic E-state index is 9.68. The summed E-state index contributed by atoms with van der Waals surface area (Å²) in [6.07, 6.45) is 0.737. The summed E-state index contributed by atoms with van der Waals surface area (Å²) < 4.78 is 7.45. The van der Waals surface area contributed by atoms with Gasteiger partial charge in [-0.2, -0.15) is 0 Å². The highest BCUT2D eigenvalue weighted by molar-refractivity contribution is 9.10. The second kappa shape index (κ2) is 7.25. The van der Waals surface area contributed by atoms with Crippen molar-refractivity contribution >= 4 is 31.9 Å². The zero-order valence-corrected chi connectivity index (χ0v) is 14.3. The van der Waals surface area contributed by atoms with Crippen molar-refractivity contribution in [3.05, 3.63) is 62.5 Å². The molecular weight excluding hydrogens is 384 g/mol. The third-order valence-electron chi connectivity index (χ3n) is 3.27. The van der Waals surface area contributed by atoms with Crippen LogP contribution >= 0.6 is 31.9 Å². The second-order valence-electron chi connectivity index (χ2n) is 4.59. The first-order valence-corrected chi connectivity index (χ1v) is 7.91. The van der Waals surface area contributed by atoms with Crippen LogP contribution in [0.15, 0.2) is 51.4 Å². The van der Waals surface area contributed by atoms with Gasteiger partial charge in [0.1, 0.15) is 5.75 Å². The van der Waals surface area contributed by atoms with Crippen LogP contribution < -0.4 is 4.74 Å². The normalized spacial score (nSPS) is 12.2. The van der Waals surface area contributed by atoms with Crippen molar-refractivity contribution < 1.29 is 9.84 Å². The largest absolute Gasteiger partial charge is 0.496 e. The molecular formula is C16H16Br2O2. The highest BCUT2D eigenvalue weighted by Gasteiger charge is 2.14. The molecule has 2 rings (SSSR count). The van der Waals surface area contributed by atoms with Crippen LogP contribution in [0.2, 0.25) is 0 Å². The van der Waals surface area contributed by atoms with E-state index in [0.717, 1.165) is 32.2 Å². The lowest BCUT2D eigenvalue weighted by molar-refractivity contribution is 0.263. The van der Waals surface area contributed by atoms with Crippen molar-refractivity contribution in [3.63, 3.8) is 0 Å². The van der Waals surface area contributed by atoms with Crippen molar-refractivity contribution in [2.75, 3.05) is 13.7 Å². The molecule has 0 saturated heterocycles. The second-order valence-corrected chi connectivity index (χ2v) is 6.42. The molecule has 0 aliphatic carbocycles. The molecule has 20 heavy (non-hydrogen) atoms. The van der Waals surface area contributed by atoms with E-state index in [1.54, 1.807) is 7.11 Å². The van der Waals surface area contributed by atoms with E-state index >= 15 is 0 Å². The fraction of sp³-hybridized carbons (Fsp3) is 0.250. The molecule has 2 aromatic carbocycles. The molecule has 0 amide bonds. The number of rotatable bonds is 5. The van der Waals surface area contributed by atoms with E-state index < -0.39 is 0 Å². The van der Waals surface area contributed by atoms with Gasteiger partial charge in [-0.25, -0.2) is 0 Å². The Bertz CT molecular complexity index is 567. The Morgan fingerprint density at radius 3 is 2.30 bits per heavy atom. The number of ether oxygens (including phenoxy) is 1. The van der Waals surface area contributed by atoms with Crippen LogP contribution in [0.1, 0.15) is 17.0 Å². The first-order chi connectivity index (χ1) is 9.63. The van der Waals surface area contributed by atoms with Gasteiger partial charge in [-0.05, 0) is 47.9 Å². The van der Waals surface area contributed by atoms with E-state index in [4.69, 9.17) is 4.74 Å². The van der Waals surface area contributed by atoms with Gasteiger partial charge in [0.25, 0.3) is 0 Å². The summed E-state index contributed by atoms with van der Waals surface area (Å²) in [5, 5.41) is 9.68. The quantitative estimate of drug-likeness (QED) is 0.799. The average Bonchev–Trinajstić information content (AvgIpc) is 2.46. The number of benzene rings is 2. The molecule has 106 valence electrons. The molecule has 0 radical (unpaired) electrons. The third kappa shape index (κ3) is 3.84. The van der Waals surface area contributed by atoms with E-state index in [0.29, 0.717) is 0 Å². The molecule has 4 heteroatoms. The highest BCUT2D eigenvalue weighted by Crippen LogP contribution is 2.29. The summed E-state index contributed by atoms with van der Waals surface area (Å²) in [6, 6.07) is 14.0. The van der Waals surface area contributed by atoms with Crippen LogP contribution in [0.5, 0.6) is 5.75 Å². The summed E-state index contributed by atoms with van der Waals surface area (Å²) in [4.78, 5) is 0. The smallest absolute Gasteiger partial charge is 0.122 e. The molecule has 0 spiro atoms. The van der Waals surface area contributed by atoms with Gasteiger partial charge >= 0.3 is 0 Å². The lowest BCUT2D eigenvalue weighted by atomic mass is 9.92. The lowest BCUT2D eigenvalue weighted by Gasteiger charge is -2.17. The summed E-state index contributed by atoms with van der Waals surface area (Å²) in [6.45, 7) is 0.108. The molecule has 0 bridgehead atoms. The molecule has 0 aromatic heterocycles. The molecule has 2 aromatic rings. The van der Waals surface area contributed by atoms with Crippen LogP contribution in [0.4, 0.5) is 0 Å². The number of hydrogen-bond donors (Lipinski definition) is 1. The van der Waals surface area contributed by atoms with Gasteiger partial charge in [0, 0.05) is 14.9 Å². The molecule has 0 aliphatic rings. The molecule has 1 atom stereocenters. The van der Waals surface area contributed by atoms with E-state index in [-0.39, 0.29) is 12.5 Å². The fourth-order valence-corrected chi connectivity index (χ4v) is 2.87. The minimum absolute atomic E-state index is 0.0614. The molecule has 0 fully saturated rings. The predicted molar refractivity (Wildman–Crippen MR) is 88.4 cm³/mol. The molecule has 0 aliphatic heterocycles. The van der Waals surface area contributed by atoms with E-state index in [1.807, 2.05) is 42.5 Å². The minimum Gasteiger partial charge on any atom is -0.496 e. The van der Waals surface area contributed by atoms with Gasteiger partial charge in [-0.15, -0.1) is 0 Å². The summed E-state index contributed by atoms with van der Waals surface area (Å²) in [5.41, 5.74) is 2.21. The van der Waals surface area contributed by atoms with Crippen LogP contribution in [0.25, 0.3) is 0 Å². The Balaban J connectivity index is 2.26. The monoisotopic (exact) mass is 398 g/mol. The van der Waals surface area contributed by atoms with Crippen LogP contribution in [-0.4, -0.2) is 18.8 Å². The van der Waals surface area contributed by atoms with Gasteiger partial charge in [0.15, 0.2) is 0 Å². The van der Waals surface area contributed by atoms with Crippen LogP contribution in [0, 0.1) is 0 Å². The molecule has 0 saturated carbocycles. The fourth-order valence-electron chi connectivity index (χ4n) is 2.19. The van der Waals surface area contributed by atoms with Gasteiger partial charge in [0.2, 0.25) is 0 Å². The standard InChI is InChI=1S/C16H16Br2O2/c1-20-16-7-6-15(18)9-12(16)8-13(10-19)11-2-4-14(17)5-3-11/h2-7,9,13,19H,8,10H2,1H3. The van der Waals surface area contributed by atoms with Crippen LogP contribution in [0.3, 0.4) is 0 Å². The van der Waals surface area contributed by atoms with Crippen molar-refractivity contribution in [2.45, 2.75) is 12.3 Å². The van der Waals surface area contributed by atoms with Crippen LogP contribution in [-0.2, 0) is 6.42 Å². The number of aliphatic hydroxyl groups is 1. The van der Waals surface area contributed by atoms with Crippen molar-refractivity contribution in [1.82, 2.24) is 0 Å². The summed E-state index contributed by atoms with van der Waals surface area (Å²) in [5.74, 6) is 0.912. The maximum Gasteiger partial charge on any atom is 0.122 e. The van der Waals surface area contributed by atoms with E-state index in [2.05, 4.69) is 31.9 Å². The SMILES string of the molecule is COc1ccc(Br)cc1CC(CO)c1ccc(Br)cc1. The van der Waals surface area contributed by atoms with Gasteiger partial charge in [-0.3, -0.25) is 0 Å². The number of aliphatic hydroxyl groups excluding tert-OH is 1. The number of methoxy groups -OCH3 is 1. The van der Waals surface area contributed by atoms with Gasteiger partial charge in [0.05, 0.1) is 13.7 Å². The van der Waals surface area contributed by atoms with Gasteiger partial charge in [-0.1, -0.05) is 44.0 Å². The van der Waals surface area contributed by atoms with E-state index in [9.17, 15) is 5.11 Å². The Morgan fingerprint density at radius 2 is 1.70 bits per heavy atom.